The van der Waals surface area contributed by atoms with Crippen molar-refractivity contribution in [1.82, 2.24) is 0 Å². The third-order valence-electron chi connectivity index (χ3n) is 1.73. The summed E-state index contributed by atoms with van der Waals surface area (Å²) in [5, 5.41) is 9.28. The number of benzene rings is 1. The van der Waals surface area contributed by atoms with Crippen molar-refractivity contribution in [2.24, 2.45) is 0 Å². The third kappa shape index (κ3) is 1.72. The smallest absolute Gasteiger partial charge is 0.195 e. The molecular formula is C9H8BrFO3. The number of hydrogen-bond acceptors (Lipinski definition) is 3. The summed E-state index contributed by atoms with van der Waals surface area (Å²) in [6.45, 7) is 1.22. The Hall–Kier alpha value is -1.10. The van der Waals surface area contributed by atoms with E-state index in [4.69, 9.17) is 4.74 Å². The molecule has 0 spiro atoms. The van der Waals surface area contributed by atoms with E-state index in [-0.39, 0.29) is 15.8 Å². The number of phenols is 1. The lowest BCUT2D eigenvalue weighted by Gasteiger charge is -2.08. The fraction of sp³-hybridized carbons (Fsp3) is 0.222. The summed E-state index contributed by atoms with van der Waals surface area (Å²) in [7, 11) is 1.30. The van der Waals surface area contributed by atoms with E-state index in [0.717, 1.165) is 0 Å². The minimum atomic E-state index is -0.969. The Kier molecular flexibility index (Phi) is 3.10. The van der Waals surface area contributed by atoms with Gasteiger partial charge < -0.3 is 9.84 Å². The predicted molar refractivity (Wildman–Crippen MR) is 52.3 cm³/mol. The molecule has 0 radical (unpaired) electrons. The van der Waals surface area contributed by atoms with E-state index < -0.39 is 17.3 Å². The van der Waals surface area contributed by atoms with Gasteiger partial charge in [-0.3, -0.25) is 4.79 Å². The molecule has 0 aliphatic heterocycles. The zero-order valence-corrected chi connectivity index (χ0v) is 9.18. The molecule has 0 bridgehead atoms. The number of rotatable bonds is 2. The van der Waals surface area contributed by atoms with Gasteiger partial charge in [0.05, 0.1) is 12.7 Å². The van der Waals surface area contributed by atoms with Crippen LogP contribution in [0.2, 0.25) is 0 Å². The van der Waals surface area contributed by atoms with E-state index in [0.29, 0.717) is 0 Å². The molecule has 0 fully saturated rings. The molecule has 0 atom stereocenters. The Labute approximate surface area is 88.6 Å². The molecule has 0 heterocycles. The fourth-order valence-corrected chi connectivity index (χ4v) is 1.73. The van der Waals surface area contributed by atoms with Crippen LogP contribution in [0.15, 0.2) is 10.5 Å². The fourth-order valence-electron chi connectivity index (χ4n) is 1.07. The van der Waals surface area contributed by atoms with E-state index in [1.54, 1.807) is 0 Å². The zero-order valence-electron chi connectivity index (χ0n) is 7.60. The summed E-state index contributed by atoms with van der Waals surface area (Å²) in [6, 6.07) is 1.34. The Bertz CT molecular complexity index is 390. The van der Waals surface area contributed by atoms with Crippen molar-refractivity contribution >= 4 is 21.7 Å². The number of carbonyl (C=O) groups excluding carboxylic acids is 1. The molecule has 0 aliphatic rings. The van der Waals surface area contributed by atoms with Crippen LogP contribution in [-0.4, -0.2) is 18.0 Å². The Morgan fingerprint density at radius 3 is 2.64 bits per heavy atom. The van der Waals surface area contributed by atoms with Crippen molar-refractivity contribution in [2.75, 3.05) is 7.11 Å². The van der Waals surface area contributed by atoms with Crippen LogP contribution < -0.4 is 4.74 Å². The van der Waals surface area contributed by atoms with Crippen LogP contribution >= 0.6 is 15.9 Å². The first-order valence-electron chi connectivity index (χ1n) is 3.75. The third-order valence-corrected chi connectivity index (χ3v) is 2.35. The van der Waals surface area contributed by atoms with Crippen LogP contribution in [0.25, 0.3) is 0 Å². The van der Waals surface area contributed by atoms with Crippen molar-refractivity contribution in [3.63, 3.8) is 0 Å². The van der Waals surface area contributed by atoms with E-state index in [1.807, 2.05) is 0 Å². The average Bonchev–Trinajstić information content (AvgIpc) is 2.10. The minimum Gasteiger partial charge on any atom is -0.502 e. The number of methoxy groups -OCH3 is 1. The van der Waals surface area contributed by atoms with Crippen molar-refractivity contribution < 1.29 is 19.0 Å². The zero-order chi connectivity index (χ0) is 10.9. The van der Waals surface area contributed by atoms with E-state index >= 15 is 0 Å². The monoisotopic (exact) mass is 262 g/mol. The van der Waals surface area contributed by atoms with Crippen LogP contribution in [0.5, 0.6) is 11.5 Å². The highest BCUT2D eigenvalue weighted by atomic mass is 79.9. The van der Waals surface area contributed by atoms with Gasteiger partial charge in [-0.25, -0.2) is 4.39 Å². The van der Waals surface area contributed by atoms with Crippen molar-refractivity contribution in [2.45, 2.75) is 6.92 Å². The number of phenolic OH excluding ortho intramolecular Hbond substituents is 1. The second-order valence-electron chi connectivity index (χ2n) is 2.65. The first kappa shape index (κ1) is 11.0. The van der Waals surface area contributed by atoms with E-state index in [2.05, 4.69) is 15.9 Å². The van der Waals surface area contributed by atoms with Gasteiger partial charge in [0, 0.05) is 4.47 Å². The molecule has 1 rings (SSSR count). The number of ketones is 1. The molecule has 5 heteroatoms. The summed E-state index contributed by atoms with van der Waals surface area (Å²) in [5.41, 5.74) is -0.177. The van der Waals surface area contributed by atoms with Gasteiger partial charge in [0.1, 0.15) is 0 Å². The number of carbonyl (C=O) groups is 1. The largest absolute Gasteiger partial charge is 0.502 e. The van der Waals surface area contributed by atoms with Gasteiger partial charge in [-0.05, 0) is 28.9 Å². The lowest BCUT2D eigenvalue weighted by Crippen LogP contribution is -2.00. The Morgan fingerprint density at radius 1 is 1.64 bits per heavy atom. The predicted octanol–water partition coefficient (Wildman–Crippen LogP) is 2.51. The van der Waals surface area contributed by atoms with Gasteiger partial charge in [-0.1, -0.05) is 0 Å². The van der Waals surface area contributed by atoms with Gasteiger partial charge >= 0.3 is 0 Å². The minimum absolute atomic E-state index is 0.0145. The van der Waals surface area contributed by atoms with Crippen LogP contribution in [0.3, 0.4) is 0 Å². The topological polar surface area (TPSA) is 46.5 Å². The second-order valence-corrected chi connectivity index (χ2v) is 3.51. The lowest BCUT2D eigenvalue weighted by atomic mass is 10.1. The molecule has 0 saturated carbocycles. The highest BCUT2D eigenvalue weighted by Gasteiger charge is 2.19. The van der Waals surface area contributed by atoms with Crippen molar-refractivity contribution in [1.29, 1.82) is 0 Å². The molecule has 1 N–H and O–H groups in total. The first-order chi connectivity index (χ1) is 6.49. The highest BCUT2D eigenvalue weighted by molar-refractivity contribution is 9.10. The molecule has 0 unspecified atom stereocenters. The van der Waals surface area contributed by atoms with Crippen molar-refractivity contribution in [3.05, 3.63) is 21.9 Å². The number of Topliss-reactive ketones (excluding diaryl/α,β-unsaturated/α-hetero) is 1. The van der Waals surface area contributed by atoms with Crippen LogP contribution in [-0.2, 0) is 0 Å². The molecule has 0 saturated heterocycles. The van der Waals surface area contributed by atoms with Gasteiger partial charge in [0.25, 0.3) is 0 Å². The van der Waals surface area contributed by atoms with E-state index in [9.17, 15) is 14.3 Å². The number of halogens is 2. The standard InChI is InChI=1S/C9H8BrFO3/c1-4(12)7-5(10)3-6(14-2)9(13)8(7)11/h3,13H,1-2H3. The van der Waals surface area contributed by atoms with Gasteiger partial charge in [-0.15, -0.1) is 0 Å². The molecule has 0 aliphatic carbocycles. The molecule has 0 amide bonds. The average molecular weight is 263 g/mol. The van der Waals surface area contributed by atoms with Crippen LogP contribution in [0, 0.1) is 5.82 Å². The quantitative estimate of drug-likeness (QED) is 0.834. The maximum absolute atomic E-state index is 13.4. The van der Waals surface area contributed by atoms with Gasteiger partial charge in [0.15, 0.2) is 23.1 Å². The first-order valence-corrected chi connectivity index (χ1v) is 4.54. The van der Waals surface area contributed by atoms with Crippen molar-refractivity contribution in [3.8, 4) is 11.5 Å². The number of aromatic hydroxyl groups is 1. The maximum atomic E-state index is 13.4. The Morgan fingerprint density at radius 2 is 2.21 bits per heavy atom. The number of ether oxygens (including phenoxy) is 1. The molecule has 0 aromatic heterocycles. The van der Waals surface area contributed by atoms with E-state index in [1.165, 1.54) is 20.1 Å². The molecule has 14 heavy (non-hydrogen) atoms. The van der Waals surface area contributed by atoms with Gasteiger partial charge in [-0.2, -0.15) is 0 Å². The summed E-state index contributed by atoms with van der Waals surface area (Å²) >= 11 is 3.02. The highest BCUT2D eigenvalue weighted by Crippen LogP contribution is 2.36. The molecular weight excluding hydrogens is 255 g/mol. The Balaban J connectivity index is 3.49. The molecule has 76 valence electrons. The van der Waals surface area contributed by atoms with Crippen LogP contribution in [0.1, 0.15) is 17.3 Å². The van der Waals surface area contributed by atoms with Gasteiger partial charge in [0.2, 0.25) is 0 Å². The molecule has 1 aromatic carbocycles. The summed E-state index contributed by atoms with van der Waals surface area (Å²) in [6.07, 6.45) is 0. The summed E-state index contributed by atoms with van der Waals surface area (Å²) < 4.78 is 18.4. The van der Waals surface area contributed by atoms with Crippen LogP contribution in [0.4, 0.5) is 4.39 Å². The maximum Gasteiger partial charge on any atom is 0.195 e. The summed E-state index contributed by atoms with van der Waals surface area (Å²) in [5.74, 6) is -2.10. The second kappa shape index (κ2) is 3.96. The SMILES string of the molecule is COc1cc(Br)c(C(C)=O)c(F)c1O. The lowest BCUT2D eigenvalue weighted by molar-refractivity contribution is 0.101. The summed E-state index contributed by atoms with van der Waals surface area (Å²) in [4.78, 5) is 11.0. The molecule has 1 aromatic rings. The molecule has 3 nitrogen and oxygen atoms in total. The number of hydrogen-bond donors (Lipinski definition) is 1. The normalized spacial score (nSPS) is 10.0.